The van der Waals surface area contributed by atoms with Crippen LogP contribution < -0.4 is 20.7 Å². The first-order chi connectivity index (χ1) is 13.1. The number of nitrogens with one attached hydrogen (secondary N) is 3. The van der Waals surface area contributed by atoms with E-state index in [0.29, 0.717) is 23.8 Å². The van der Waals surface area contributed by atoms with Crippen LogP contribution in [-0.2, 0) is 11.3 Å². The maximum atomic E-state index is 11.7. The summed E-state index contributed by atoms with van der Waals surface area (Å²) < 4.78 is 5.61. The van der Waals surface area contributed by atoms with E-state index >= 15 is 0 Å². The minimum Gasteiger partial charge on any atom is -0.484 e. The van der Waals surface area contributed by atoms with E-state index in [1.165, 1.54) is 25.7 Å². The second-order valence-corrected chi connectivity index (χ2v) is 7.76. The average molecular weight is 500 g/mol. The van der Waals surface area contributed by atoms with Crippen LogP contribution in [0.15, 0.2) is 29.3 Å². The Bertz CT molecular complexity index is 667. The second kappa shape index (κ2) is 10.9. The summed E-state index contributed by atoms with van der Waals surface area (Å²) in [7, 11) is 1.80. The van der Waals surface area contributed by atoms with Crippen molar-refractivity contribution in [1.82, 2.24) is 16.0 Å². The standard InChI is InChI=1S/C21H32N4O2.HI/c1-3-21(10-5-11-21)15-24-20(22-2)23-13-16-6-4-7-18(12-16)27-14-19(26)25-17-8-9-17;/h4,6-7,12,17H,3,5,8-11,13-15H2,1-2H3,(H,25,26)(H2,22,23,24);1H. The molecule has 1 amide bonds. The largest absolute Gasteiger partial charge is 0.484 e. The van der Waals surface area contributed by atoms with Gasteiger partial charge in [0.05, 0.1) is 0 Å². The third-order valence-electron chi connectivity index (χ3n) is 5.69. The van der Waals surface area contributed by atoms with Crippen molar-refractivity contribution >= 4 is 35.8 Å². The lowest BCUT2D eigenvalue weighted by Crippen LogP contribution is -2.46. The molecule has 0 aromatic heterocycles. The fourth-order valence-electron chi connectivity index (χ4n) is 3.40. The molecule has 0 saturated heterocycles. The van der Waals surface area contributed by atoms with Crippen LogP contribution >= 0.6 is 24.0 Å². The fraction of sp³-hybridized carbons (Fsp3) is 0.619. The number of hydrogen-bond donors (Lipinski definition) is 3. The molecule has 1 aromatic carbocycles. The average Bonchev–Trinajstić information content (AvgIpc) is 3.46. The van der Waals surface area contributed by atoms with Crippen molar-refractivity contribution in [3.05, 3.63) is 29.8 Å². The molecule has 28 heavy (non-hydrogen) atoms. The van der Waals surface area contributed by atoms with Crippen LogP contribution in [0.4, 0.5) is 0 Å². The van der Waals surface area contributed by atoms with Gasteiger partial charge in [-0.2, -0.15) is 0 Å². The molecular formula is C21H33IN4O2. The van der Waals surface area contributed by atoms with Gasteiger partial charge in [-0.3, -0.25) is 9.79 Å². The lowest BCUT2D eigenvalue weighted by atomic mass is 9.67. The van der Waals surface area contributed by atoms with Gasteiger partial charge in [0.25, 0.3) is 5.91 Å². The molecule has 2 aliphatic rings. The molecule has 6 nitrogen and oxygen atoms in total. The first-order valence-electron chi connectivity index (χ1n) is 10.1. The summed E-state index contributed by atoms with van der Waals surface area (Å²) in [5.74, 6) is 1.49. The summed E-state index contributed by atoms with van der Waals surface area (Å²) in [5, 5.41) is 9.75. The Morgan fingerprint density at radius 2 is 2.07 bits per heavy atom. The quantitative estimate of drug-likeness (QED) is 0.277. The van der Waals surface area contributed by atoms with Gasteiger partial charge in [-0.15, -0.1) is 24.0 Å². The first-order valence-corrected chi connectivity index (χ1v) is 10.1. The number of halogens is 1. The highest BCUT2D eigenvalue weighted by molar-refractivity contribution is 14.0. The highest BCUT2D eigenvalue weighted by Crippen LogP contribution is 2.42. The van der Waals surface area contributed by atoms with Crippen LogP contribution in [0.3, 0.4) is 0 Å². The molecule has 3 N–H and O–H groups in total. The third kappa shape index (κ3) is 6.83. The van der Waals surface area contributed by atoms with Gasteiger partial charge >= 0.3 is 0 Å². The smallest absolute Gasteiger partial charge is 0.258 e. The zero-order valence-electron chi connectivity index (χ0n) is 16.9. The number of carbonyl (C=O) groups is 1. The molecule has 2 saturated carbocycles. The predicted molar refractivity (Wildman–Crippen MR) is 123 cm³/mol. The molecule has 0 radical (unpaired) electrons. The van der Waals surface area contributed by atoms with Crippen LogP contribution in [0.5, 0.6) is 5.75 Å². The number of carbonyl (C=O) groups excluding carboxylic acids is 1. The van der Waals surface area contributed by atoms with Gasteiger partial charge in [0, 0.05) is 26.2 Å². The molecule has 1 aromatic rings. The van der Waals surface area contributed by atoms with E-state index < -0.39 is 0 Å². The number of hydrogen-bond acceptors (Lipinski definition) is 3. The molecule has 0 spiro atoms. The van der Waals surface area contributed by atoms with Crippen molar-refractivity contribution in [2.45, 2.75) is 58.0 Å². The van der Waals surface area contributed by atoms with E-state index in [1.54, 1.807) is 7.05 Å². The van der Waals surface area contributed by atoms with Crippen LogP contribution in [0.25, 0.3) is 0 Å². The molecule has 3 rings (SSSR count). The number of ether oxygens (including phenoxy) is 1. The van der Waals surface area contributed by atoms with E-state index in [1.807, 2.05) is 24.3 Å². The number of rotatable bonds is 9. The van der Waals surface area contributed by atoms with E-state index in [4.69, 9.17) is 4.74 Å². The molecule has 0 aliphatic heterocycles. The summed E-state index contributed by atoms with van der Waals surface area (Å²) in [6.07, 6.45) is 7.34. The third-order valence-corrected chi connectivity index (χ3v) is 5.69. The van der Waals surface area contributed by atoms with Gasteiger partial charge in [-0.1, -0.05) is 25.5 Å². The molecule has 7 heteroatoms. The van der Waals surface area contributed by atoms with Crippen molar-refractivity contribution in [3.63, 3.8) is 0 Å². The van der Waals surface area contributed by atoms with Crippen LogP contribution in [-0.4, -0.2) is 38.1 Å². The molecule has 156 valence electrons. The Morgan fingerprint density at radius 3 is 2.68 bits per heavy atom. The van der Waals surface area contributed by atoms with Gasteiger partial charge in [0.15, 0.2) is 12.6 Å². The van der Waals surface area contributed by atoms with E-state index in [0.717, 1.165) is 30.9 Å². The topological polar surface area (TPSA) is 74.8 Å². The van der Waals surface area contributed by atoms with Crippen molar-refractivity contribution in [2.75, 3.05) is 20.2 Å². The van der Waals surface area contributed by atoms with Crippen LogP contribution in [0.1, 0.15) is 51.0 Å². The Hall–Kier alpha value is -1.51. The van der Waals surface area contributed by atoms with Crippen molar-refractivity contribution in [1.29, 1.82) is 0 Å². The molecular weight excluding hydrogens is 467 g/mol. The fourth-order valence-corrected chi connectivity index (χ4v) is 3.40. The number of amides is 1. The Morgan fingerprint density at radius 1 is 1.29 bits per heavy atom. The second-order valence-electron chi connectivity index (χ2n) is 7.76. The van der Waals surface area contributed by atoms with E-state index in [9.17, 15) is 4.79 Å². The number of benzene rings is 1. The summed E-state index contributed by atoms with van der Waals surface area (Å²) in [6, 6.07) is 8.19. The highest BCUT2D eigenvalue weighted by atomic mass is 127. The Balaban J connectivity index is 0.00000280. The highest BCUT2D eigenvalue weighted by Gasteiger charge is 2.34. The van der Waals surface area contributed by atoms with Crippen LogP contribution in [0.2, 0.25) is 0 Å². The van der Waals surface area contributed by atoms with Crippen molar-refractivity contribution < 1.29 is 9.53 Å². The van der Waals surface area contributed by atoms with Gasteiger partial charge in [0.1, 0.15) is 5.75 Å². The number of nitrogens with zero attached hydrogens (tertiary/aromatic N) is 1. The molecule has 0 atom stereocenters. The molecule has 0 heterocycles. The Labute approximate surface area is 185 Å². The van der Waals surface area contributed by atoms with Gasteiger partial charge in [-0.05, 0) is 55.2 Å². The van der Waals surface area contributed by atoms with E-state index in [-0.39, 0.29) is 36.5 Å². The minimum atomic E-state index is -0.0496. The van der Waals surface area contributed by atoms with Crippen molar-refractivity contribution in [3.8, 4) is 5.75 Å². The van der Waals surface area contributed by atoms with E-state index in [2.05, 4.69) is 27.9 Å². The van der Waals surface area contributed by atoms with Gasteiger partial charge in [0.2, 0.25) is 0 Å². The van der Waals surface area contributed by atoms with Crippen LogP contribution in [0, 0.1) is 5.41 Å². The maximum Gasteiger partial charge on any atom is 0.258 e. The Kier molecular flexibility index (Phi) is 8.85. The van der Waals surface area contributed by atoms with Gasteiger partial charge < -0.3 is 20.7 Å². The lowest BCUT2D eigenvalue weighted by molar-refractivity contribution is -0.123. The molecule has 0 unspecified atom stereocenters. The SMILES string of the molecule is CCC1(CNC(=NC)NCc2cccc(OCC(=O)NC3CC3)c2)CCC1.I. The normalized spacial score (nSPS) is 17.7. The minimum absolute atomic E-state index is 0. The molecule has 2 aliphatic carbocycles. The maximum absolute atomic E-state index is 11.7. The number of guanidine groups is 1. The summed E-state index contributed by atoms with van der Waals surface area (Å²) in [5.41, 5.74) is 1.54. The predicted octanol–water partition coefficient (Wildman–Crippen LogP) is 3.21. The monoisotopic (exact) mass is 500 g/mol. The summed E-state index contributed by atoms with van der Waals surface area (Å²) >= 11 is 0. The zero-order valence-corrected chi connectivity index (χ0v) is 19.3. The first kappa shape index (κ1) is 22.8. The molecule has 0 bridgehead atoms. The lowest BCUT2D eigenvalue weighted by Gasteiger charge is -2.41. The zero-order chi connectivity index (χ0) is 19.1. The summed E-state index contributed by atoms with van der Waals surface area (Å²) in [4.78, 5) is 16.1. The summed E-state index contributed by atoms with van der Waals surface area (Å²) in [6.45, 7) is 3.97. The molecule has 2 fully saturated rings. The number of aliphatic imine (C=N–C) groups is 1. The van der Waals surface area contributed by atoms with Crippen molar-refractivity contribution in [2.24, 2.45) is 10.4 Å². The van der Waals surface area contributed by atoms with Gasteiger partial charge in [-0.25, -0.2) is 0 Å².